The van der Waals surface area contributed by atoms with Crippen molar-refractivity contribution in [2.45, 2.75) is 19.9 Å². The second kappa shape index (κ2) is 6.04. The minimum atomic E-state index is -0.276. The van der Waals surface area contributed by atoms with Crippen LogP contribution in [0, 0.1) is 0 Å². The van der Waals surface area contributed by atoms with Crippen molar-refractivity contribution in [3.05, 3.63) is 65.5 Å². The quantitative estimate of drug-likeness (QED) is 0.726. The lowest BCUT2D eigenvalue weighted by molar-refractivity contribution is 0.0930. The van der Waals surface area contributed by atoms with Gasteiger partial charge in [-0.2, -0.15) is 0 Å². The molecule has 23 heavy (non-hydrogen) atoms. The fraction of sp³-hybridized carbons (Fsp3) is 0.167. The smallest absolute Gasteiger partial charge is 0.287 e. The number of hydrogen-bond acceptors (Lipinski definition) is 3. The highest BCUT2D eigenvalue weighted by atomic mass is 16.2. The van der Waals surface area contributed by atoms with Gasteiger partial charge in [0.15, 0.2) is 11.6 Å². The number of ketones is 1. The largest absolute Gasteiger partial charge is 0.343 e. The Morgan fingerprint density at radius 3 is 2.65 bits per heavy atom. The number of para-hydroxylation sites is 2. The second-order valence-electron chi connectivity index (χ2n) is 5.48. The Hall–Kier alpha value is -2.95. The molecule has 1 heterocycles. The highest BCUT2D eigenvalue weighted by Crippen LogP contribution is 2.16. The normalized spacial score (nSPS) is 12.1. The summed E-state index contributed by atoms with van der Waals surface area (Å²) in [5.74, 6) is 0.00496. The Morgan fingerprint density at radius 1 is 1.13 bits per heavy atom. The predicted octanol–water partition coefficient (Wildman–Crippen LogP) is 3.26. The molecule has 1 atom stereocenters. The van der Waals surface area contributed by atoms with Crippen molar-refractivity contribution >= 4 is 22.7 Å². The summed E-state index contributed by atoms with van der Waals surface area (Å²) in [6.07, 6.45) is 0. The molecule has 5 heteroatoms. The number of nitrogens with one attached hydrogen (secondary N) is 2. The van der Waals surface area contributed by atoms with Crippen molar-refractivity contribution in [1.82, 2.24) is 15.3 Å². The summed E-state index contributed by atoms with van der Waals surface area (Å²) in [4.78, 5) is 31.1. The van der Waals surface area contributed by atoms with E-state index in [1.165, 1.54) is 6.92 Å². The van der Waals surface area contributed by atoms with E-state index in [9.17, 15) is 9.59 Å². The molecule has 0 saturated heterocycles. The summed E-state index contributed by atoms with van der Waals surface area (Å²) in [5, 5.41) is 2.90. The van der Waals surface area contributed by atoms with E-state index in [4.69, 9.17) is 0 Å². The van der Waals surface area contributed by atoms with Crippen LogP contribution in [0.3, 0.4) is 0 Å². The Morgan fingerprint density at radius 2 is 1.91 bits per heavy atom. The maximum atomic E-state index is 12.3. The van der Waals surface area contributed by atoms with Gasteiger partial charge in [0.25, 0.3) is 5.91 Å². The molecule has 0 aliphatic heterocycles. The van der Waals surface area contributed by atoms with Gasteiger partial charge in [-0.1, -0.05) is 30.3 Å². The number of imidazole rings is 1. The Bertz CT molecular complexity index is 850. The number of aromatic nitrogens is 2. The van der Waals surface area contributed by atoms with E-state index in [2.05, 4.69) is 15.3 Å². The molecule has 3 aromatic rings. The van der Waals surface area contributed by atoms with E-state index in [1.54, 1.807) is 12.1 Å². The summed E-state index contributed by atoms with van der Waals surface area (Å²) in [7, 11) is 0. The van der Waals surface area contributed by atoms with Gasteiger partial charge in [-0.3, -0.25) is 9.59 Å². The number of aromatic amines is 1. The molecule has 1 amide bonds. The van der Waals surface area contributed by atoms with Crippen LogP contribution in [0.2, 0.25) is 0 Å². The molecule has 2 aromatic carbocycles. The van der Waals surface area contributed by atoms with Crippen LogP contribution in [0.15, 0.2) is 48.5 Å². The molecule has 0 spiro atoms. The number of hydrogen-bond donors (Lipinski definition) is 2. The van der Waals surface area contributed by atoms with Crippen LogP contribution < -0.4 is 5.32 Å². The molecule has 116 valence electrons. The highest BCUT2D eigenvalue weighted by Gasteiger charge is 2.15. The topological polar surface area (TPSA) is 74.8 Å². The van der Waals surface area contributed by atoms with Crippen molar-refractivity contribution in [1.29, 1.82) is 0 Å². The summed E-state index contributed by atoms with van der Waals surface area (Å²) >= 11 is 0. The predicted molar refractivity (Wildman–Crippen MR) is 88.4 cm³/mol. The number of fused-ring (bicyclic) bond motifs is 1. The molecule has 2 N–H and O–H groups in total. The van der Waals surface area contributed by atoms with Gasteiger partial charge < -0.3 is 10.3 Å². The lowest BCUT2D eigenvalue weighted by atomic mass is 10.0. The Kier molecular flexibility index (Phi) is 3.93. The van der Waals surface area contributed by atoms with Gasteiger partial charge in [-0.15, -0.1) is 0 Å². The van der Waals surface area contributed by atoms with Crippen LogP contribution in [0.5, 0.6) is 0 Å². The molecule has 0 fully saturated rings. The highest BCUT2D eigenvalue weighted by molar-refractivity contribution is 5.95. The van der Waals surface area contributed by atoms with E-state index in [0.717, 1.165) is 16.6 Å². The number of carbonyl (C=O) groups excluding carboxylic acids is 2. The number of amides is 1. The fourth-order valence-electron chi connectivity index (χ4n) is 2.44. The molecule has 0 aliphatic rings. The molecule has 5 nitrogen and oxygen atoms in total. The average Bonchev–Trinajstić information content (AvgIpc) is 2.99. The van der Waals surface area contributed by atoms with Gasteiger partial charge in [0.2, 0.25) is 0 Å². The summed E-state index contributed by atoms with van der Waals surface area (Å²) < 4.78 is 0. The number of rotatable bonds is 4. The van der Waals surface area contributed by atoms with E-state index in [-0.39, 0.29) is 23.6 Å². The third-order valence-corrected chi connectivity index (χ3v) is 3.75. The van der Waals surface area contributed by atoms with Crippen molar-refractivity contribution in [2.75, 3.05) is 0 Å². The summed E-state index contributed by atoms with van der Waals surface area (Å²) in [5.41, 5.74) is 3.09. The van der Waals surface area contributed by atoms with E-state index in [1.807, 2.05) is 43.3 Å². The number of Topliss-reactive ketones (excluding diaryl/α,β-unsaturated/α-hetero) is 1. The lowest BCUT2D eigenvalue weighted by Gasteiger charge is -2.14. The van der Waals surface area contributed by atoms with Crippen LogP contribution in [-0.2, 0) is 0 Å². The Balaban J connectivity index is 1.79. The zero-order valence-corrected chi connectivity index (χ0v) is 13.0. The molecule has 0 radical (unpaired) electrons. The van der Waals surface area contributed by atoms with Crippen LogP contribution in [0.4, 0.5) is 0 Å². The molecular formula is C18H17N3O2. The number of carbonyl (C=O) groups is 2. The molecule has 1 aromatic heterocycles. The van der Waals surface area contributed by atoms with Crippen LogP contribution in [-0.4, -0.2) is 21.7 Å². The minimum Gasteiger partial charge on any atom is -0.343 e. The average molecular weight is 307 g/mol. The number of benzene rings is 2. The lowest BCUT2D eigenvalue weighted by Crippen LogP contribution is -2.27. The summed E-state index contributed by atoms with van der Waals surface area (Å²) in [6.45, 7) is 3.40. The number of H-pyrrole nitrogens is 1. The van der Waals surface area contributed by atoms with Crippen molar-refractivity contribution in [3.8, 4) is 0 Å². The summed E-state index contributed by atoms with van der Waals surface area (Å²) in [6, 6.07) is 14.5. The maximum Gasteiger partial charge on any atom is 0.287 e. The van der Waals surface area contributed by atoms with Crippen LogP contribution >= 0.6 is 0 Å². The van der Waals surface area contributed by atoms with Gasteiger partial charge in [0.05, 0.1) is 17.1 Å². The Labute approximate surface area is 133 Å². The molecule has 3 rings (SSSR count). The van der Waals surface area contributed by atoms with Crippen LogP contribution in [0.1, 0.15) is 46.4 Å². The van der Waals surface area contributed by atoms with E-state index in [0.29, 0.717) is 5.56 Å². The third kappa shape index (κ3) is 3.13. The van der Waals surface area contributed by atoms with E-state index >= 15 is 0 Å². The zero-order valence-electron chi connectivity index (χ0n) is 13.0. The fourth-order valence-corrected chi connectivity index (χ4v) is 2.44. The third-order valence-electron chi connectivity index (χ3n) is 3.75. The van der Waals surface area contributed by atoms with Gasteiger partial charge in [-0.25, -0.2) is 4.98 Å². The number of nitrogens with zero attached hydrogens (tertiary/aromatic N) is 1. The van der Waals surface area contributed by atoms with Gasteiger partial charge >= 0.3 is 0 Å². The first-order chi connectivity index (χ1) is 11.0. The monoisotopic (exact) mass is 307 g/mol. The van der Waals surface area contributed by atoms with E-state index < -0.39 is 0 Å². The van der Waals surface area contributed by atoms with Crippen molar-refractivity contribution in [2.24, 2.45) is 0 Å². The standard InChI is InChI=1S/C18H17N3O2/c1-11(13-6-5-7-14(10-13)12(2)22)19-18(23)17-20-15-8-3-4-9-16(15)21-17/h3-11H,1-2H3,(H,19,23)(H,20,21). The molecule has 0 aliphatic carbocycles. The first kappa shape index (κ1) is 15.0. The van der Waals surface area contributed by atoms with Gasteiger partial charge in [-0.05, 0) is 37.6 Å². The maximum absolute atomic E-state index is 12.3. The van der Waals surface area contributed by atoms with Crippen LogP contribution in [0.25, 0.3) is 11.0 Å². The van der Waals surface area contributed by atoms with Gasteiger partial charge in [0.1, 0.15) is 0 Å². The second-order valence-corrected chi connectivity index (χ2v) is 5.48. The van der Waals surface area contributed by atoms with Crippen molar-refractivity contribution < 1.29 is 9.59 Å². The van der Waals surface area contributed by atoms with Crippen molar-refractivity contribution in [3.63, 3.8) is 0 Å². The molecular weight excluding hydrogens is 290 g/mol. The zero-order chi connectivity index (χ0) is 16.4. The molecule has 1 unspecified atom stereocenters. The SMILES string of the molecule is CC(=O)c1cccc(C(C)NC(=O)c2nc3ccccc3[nH]2)c1. The minimum absolute atomic E-state index is 0.00246. The first-order valence-corrected chi connectivity index (χ1v) is 7.41. The molecule has 0 bridgehead atoms. The van der Waals surface area contributed by atoms with Gasteiger partial charge in [0, 0.05) is 5.56 Å². The first-order valence-electron chi connectivity index (χ1n) is 7.41. The molecule has 0 saturated carbocycles.